The second kappa shape index (κ2) is 7.89. The maximum Gasteiger partial charge on any atom is 0.142 e. The van der Waals surface area contributed by atoms with Gasteiger partial charge < -0.3 is 5.11 Å². The van der Waals surface area contributed by atoms with Gasteiger partial charge in [0.25, 0.3) is 0 Å². The molecule has 0 aliphatic heterocycles. The van der Waals surface area contributed by atoms with Crippen molar-refractivity contribution in [3.63, 3.8) is 0 Å². The van der Waals surface area contributed by atoms with Crippen LogP contribution in [0.4, 0.5) is 0 Å². The number of aliphatic hydroxyl groups excluding tert-OH is 1. The zero-order valence-electron chi connectivity index (χ0n) is 5.68. The van der Waals surface area contributed by atoms with E-state index in [4.69, 9.17) is 5.11 Å². The number of hydrogen-bond acceptors (Lipinski definition) is 1. The molecule has 0 aromatic carbocycles. The normalized spacial score (nSPS) is 17.3. The molecule has 1 aliphatic carbocycles. The molecular formula is C7H14OS. The molecule has 2 heteroatoms. The molecule has 1 nitrogen and oxygen atoms in total. The van der Waals surface area contributed by atoms with Crippen molar-refractivity contribution in [3.05, 3.63) is 0 Å². The van der Waals surface area contributed by atoms with Gasteiger partial charge in [-0.1, -0.05) is 38.5 Å². The van der Waals surface area contributed by atoms with Crippen molar-refractivity contribution >= 4 is 17.8 Å². The quantitative estimate of drug-likeness (QED) is 0.530. The molecule has 1 aliphatic rings. The SMILES string of the molecule is C1CCCCC1.OC=S. The Morgan fingerprint density at radius 2 is 1.00 bits per heavy atom. The Bertz CT molecular complexity index is 48.4. The lowest BCUT2D eigenvalue weighted by atomic mass is 10.0. The average Bonchev–Trinajstić information content (AvgIpc) is 1.93. The molecule has 54 valence electrons. The van der Waals surface area contributed by atoms with Crippen LogP contribution in [0.2, 0.25) is 0 Å². The lowest BCUT2D eigenvalue weighted by molar-refractivity contribution is 0.504. The van der Waals surface area contributed by atoms with E-state index in [2.05, 4.69) is 12.2 Å². The number of aliphatic hydroxyl groups is 1. The molecule has 1 N–H and O–H groups in total. The minimum absolute atomic E-state index is 0.583. The van der Waals surface area contributed by atoms with Gasteiger partial charge in [0.05, 0.1) is 0 Å². The summed E-state index contributed by atoms with van der Waals surface area (Å²) < 4.78 is 0. The first-order valence-corrected chi connectivity index (χ1v) is 3.97. The van der Waals surface area contributed by atoms with Crippen LogP contribution in [-0.2, 0) is 0 Å². The first kappa shape index (κ1) is 8.89. The van der Waals surface area contributed by atoms with E-state index < -0.39 is 0 Å². The van der Waals surface area contributed by atoms with Gasteiger partial charge in [0, 0.05) is 0 Å². The van der Waals surface area contributed by atoms with E-state index >= 15 is 0 Å². The summed E-state index contributed by atoms with van der Waals surface area (Å²) >= 11 is 3.82. The van der Waals surface area contributed by atoms with E-state index in [0.717, 1.165) is 0 Å². The predicted octanol–water partition coefficient (Wildman–Crippen LogP) is 2.84. The van der Waals surface area contributed by atoms with Crippen LogP contribution in [-0.4, -0.2) is 10.7 Å². The van der Waals surface area contributed by atoms with Crippen molar-refractivity contribution in [1.82, 2.24) is 0 Å². The summed E-state index contributed by atoms with van der Waals surface area (Å²) in [7, 11) is 0. The van der Waals surface area contributed by atoms with Crippen molar-refractivity contribution in [1.29, 1.82) is 0 Å². The van der Waals surface area contributed by atoms with Crippen LogP contribution < -0.4 is 0 Å². The highest BCUT2D eigenvalue weighted by atomic mass is 32.1. The molecule has 0 atom stereocenters. The molecule has 0 saturated heterocycles. The van der Waals surface area contributed by atoms with Gasteiger partial charge in [-0.3, -0.25) is 0 Å². The third-order valence-corrected chi connectivity index (χ3v) is 1.50. The Hall–Kier alpha value is -0.110. The number of thiocarbonyl (C=S) groups is 1. The van der Waals surface area contributed by atoms with Crippen LogP contribution in [0.15, 0.2) is 0 Å². The predicted molar refractivity (Wildman–Crippen MR) is 44.0 cm³/mol. The van der Waals surface area contributed by atoms with Crippen molar-refractivity contribution in [2.75, 3.05) is 0 Å². The van der Waals surface area contributed by atoms with Gasteiger partial charge in [0.15, 0.2) is 0 Å². The van der Waals surface area contributed by atoms with E-state index in [-0.39, 0.29) is 0 Å². The van der Waals surface area contributed by atoms with Gasteiger partial charge in [0.2, 0.25) is 0 Å². The standard InChI is InChI=1S/C6H12.CH2OS/c1-2-4-6-5-3-1;2-1-3/h1-6H2;1H,(H,2,3). The van der Waals surface area contributed by atoms with Gasteiger partial charge >= 0.3 is 0 Å². The van der Waals surface area contributed by atoms with E-state index in [1.807, 2.05) is 0 Å². The summed E-state index contributed by atoms with van der Waals surface area (Å²) in [6.07, 6.45) is 9.00. The van der Waals surface area contributed by atoms with Crippen molar-refractivity contribution in [2.45, 2.75) is 38.5 Å². The minimum Gasteiger partial charge on any atom is -0.504 e. The minimum atomic E-state index is 0.583. The molecule has 0 bridgehead atoms. The van der Waals surface area contributed by atoms with Gasteiger partial charge in [-0.2, -0.15) is 0 Å². The van der Waals surface area contributed by atoms with Gasteiger partial charge in [-0.05, 0) is 12.2 Å². The van der Waals surface area contributed by atoms with Gasteiger partial charge in [-0.25, -0.2) is 0 Å². The van der Waals surface area contributed by atoms with Crippen LogP contribution >= 0.6 is 12.2 Å². The number of hydrogen-bond donors (Lipinski definition) is 1. The van der Waals surface area contributed by atoms with E-state index in [0.29, 0.717) is 5.55 Å². The molecule has 0 radical (unpaired) electrons. The molecule has 0 aromatic rings. The van der Waals surface area contributed by atoms with E-state index in [9.17, 15) is 0 Å². The zero-order valence-corrected chi connectivity index (χ0v) is 6.49. The number of rotatable bonds is 0. The van der Waals surface area contributed by atoms with Crippen LogP contribution in [0.25, 0.3) is 0 Å². The fourth-order valence-electron chi connectivity index (χ4n) is 1.06. The lowest BCUT2D eigenvalue weighted by Crippen LogP contribution is -1.85. The largest absolute Gasteiger partial charge is 0.504 e. The summed E-state index contributed by atoms with van der Waals surface area (Å²) in [5.74, 6) is 0. The van der Waals surface area contributed by atoms with Crippen molar-refractivity contribution in [2.24, 2.45) is 0 Å². The van der Waals surface area contributed by atoms with Crippen LogP contribution in [0.3, 0.4) is 0 Å². The molecule has 0 spiro atoms. The fraction of sp³-hybridized carbons (Fsp3) is 0.857. The topological polar surface area (TPSA) is 20.2 Å². The highest BCUT2D eigenvalue weighted by Gasteiger charge is 1.95. The molecular weight excluding hydrogens is 132 g/mol. The molecule has 0 unspecified atom stereocenters. The highest BCUT2D eigenvalue weighted by Crippen LogP contribution is 2.15. The molecule has 0 heterocycles. The van der Waals surface area contributed by atoms with Gasteiger partial charge in [-0.15, -0.1) is 0 Å². The first-order valence-electron chi connectivity index (χ1n) is 3.49. The van der Waals surface area contributed by atoms with Crippen molar-refractivity contribution in [3.8, 4) is 0 Å². The summed E-state index contributed by atoms with van der Waals surface area (Å²) in [6, 6.07) is 0. The Labute approximate surface area is 62.1 Å². The molecule has 0 aromatic heterocycles. The zero-order chi connectivity index (χ0) is 6.95. The summed E-state index contributed by atoms with van der Waals surface area (Å²) in [5.41, 5.74) is 0.583. The lowest BCUT2D eigenvalue weighted by Gasteiger charge is -2.05. The van der Waals surface area contributed by atoms with E-state index in [1.165, 1.54) is 38.5 Å². The smallest absolute Gasteiger partial charge is 0.142 e. The maximum atomic E-state index is 7.26. The summed E-state index contributed by atoms with van der Waals surface area (Å²) in [4.78, 5) is 0. The average molecular weight is 146 g/mol. The molecule has 0 amide bonds. The van der Waals surface area contributed by atoms with Gasteiger partial charge in [0.1, 0.15) is 5.55 Å². The third-order valence-electron chi connectivity index (χ3n) is 1.50. The molecule has 1 saturated carbocycles. The Kier molecular flexibility index (Phi) is 7.79. The monoisotopic (exact) mass is 146 g/mol. The third kappa shape index (κ3) is 7.89. The Balaban J connectivity index is 0.000000187. The van der Waals surface area contributed by atoms with Crippen molar-refractivity contribution < 1.29 is 5.11 Å². The second-order valence-corrected chi connectivity index (χ2v) is 2.44. The van der Waals surface area contributed by atoms with E-state index in [1.54, 1.807) is 0 Å². The van der Waals surface area contributed by atoms with Crippen LogP contribution in [0.1, 0.15) is 38.5 Å². The molecule has 1 fully saturated rings. The summed E-state index contributed by atoms with van der Waals surface area (Å²) in [6.45, 7) is 0. The molecule has 1 rings (SSSR count). The highest BCUT2D eigenvalue weighted by molar-refractivity contribution is 7.78. The Morgan fingerprint density at radius 3 is 1.11 bits per heavy atom. The second-order valence-electron chi connectivity index (χ2n) is 2.23. The Morgan fingerprint density at radius 1 is 0.889 bits per heavy atom. The van der Waals surface area contributed by atoms with Crippen LogP contribution in [0, 0.1) is 0 Å². The molecule has 9 heavy (non-hydrogen) atoms. The first-order chi connectivity index (χ1) is 4.41. The van der Waals surface area contributed by atoms with Crippen LogP contribution in [0.5, 0.6) is 0 Å². The fourth-order valence-corrected chi connectivity index (χ4v) is 1.06. The maximum absolute atomic E-state index is 7.26. The summed E-state index contributed by atoms with van der Waals surface area (Å²) in [5, 5.41) is 7.26.